The molecule has 5 rings (SSSR count). The standard InChI is InChI=1S/C34H33BrN2O7S/c1-7-43-33(39)28-29(21-11-9-8-10-12-21)36-34-37(30(28)22-13-14-24(40-4)25(18-22)41-5)32(38)27(45-34)17-20-15-23(35)31(44-19(2)3)26(16-20)42-6/h8-19,30H,7H2,1-6H3/b27-17-/t30-/m1/s1. The third-order valence-corrected chi connectivity index (χ3v) is 8.57. The summed E-state index contributed by atoms with van der Waals surface area (Å²) in [6.45, 7) is 5.76. The molecule has 3 aromatic carbocycles. The molecular weight excluding hydrogens is 660 g/mol. The van der Waals surface area contributed by atoms with Crippen LogP contribution in [0.2, 0.25) is 0 Å². The van der Waals surface area contributed by atoms with Gasteiger partial charge in [-0.25, -0.2) is 9.79 Å². The fourth-order valence-electron chi connectivity index (χ4n) is 5.10. The summed E-state index contributed by atoms with van der Waals surface area (Å²) in [5, 5.41) is 0. The van der Waals surface area contributed by atoms with Crippen LogP contribution in [0.5, 0.6) is 23.0 Å². The molecule has 4 aromatic rings. The molecular formula is C34H33BrN2O7S. The average molecular weight is 694 g/mol. The molecule has 1 atom stereocenters. The molecule has 234 valence electrons. The van der Waals surface area contributed by atoms with Crippen molar-refractivity contribution < 1.29 is 28.5 Å². The van der Waals surface area contributed by atoms with Crippen LogP contribution in [0.1, 0.15) is 43.5 Å². The minimum absolute atomic E-state index is 0.0614. The minimum atomic E-state index is -0.861. The summed E-state index contributed by atoms with van der Waals surface area (Å²) in [5.74, 6) is 1.51. The maximum Gasteiger partial charge on any atom is 0.338 e. The summed E-state index contributed by atoms with van der Waals surface area (Å²) in [7, 11) is 4.65. The van der Waals surface area contributed by atoms with Crippen molar-refractivity contribution in [3.05, 3.63) is 107 Å². The number of ether oxygens (including phenoxy) is 5. The van der Waals surface area contributed by atoms with Gasteiger partial charge in [0.05, 0.1) is 60.4 Å². The van der Waals surface area contributed by atoms with Gasteiger partial charge in [0.1, 0.15) is 0 Å². The highest BCUT2D eigenvalue weighted by Gasteiger charge is 2.35. The van der Waals surface area contributed by atoms with E-state index in [1.165, 1.54) is 18.4 Å². The van der Waals surface area contributed by atoms with E-state index >= 15 is 0 Å². The second-order valence-corrected chi connectivity index (χ2v) is 12.1. The lowest BCUT2D eigenvalue weighted by atomic mass is 9.93. The molecule has 9 nitrogen and oxygen atoms in total. The molecule has 1 aliphatic heterocycles. The first-order valence-electron chi connectivity index (χ1n) is 14.2. The quantitative estimate of drug-likeness (QED) is 0.202. The number of carbonyl (C=O) groups excluding carboxylic acids is 1. The van der Waals surface area contributed by atoms with Crippen LogP contribution in [-0.4, -0.2) is 44.6 Å². The molecule has 0 spiro atoms. The summed E-state index contributed by atoms with van der Waals surface area (Å²) < 4.78 is 30.8. The number of methoxy groups -OCH3 is 3. The van der Waals surface area contributed by atoms with Gasteiger partial charge in [0.25, 0.3) is 5.56 Å². The van der Waals surface area contributed by atoms with Crippen molar-refractivity contribution in [3.63, 3.8) is 0 Å². The molecule has 45 heavy (non-hydrogen) atoms. The van der Waals surface area contributed by atoms with Gasteiger partial charge < -0.3 is 23.7 Å². The summed E-state index contributed by atoms with van der Waals surface area (Å²) in [4.78, 5) is 33.4. The van der Waals surface area contributed by atoms with Crippen LogP contribution in [0.4, 0.5) is 0 Å². The predicted octanol–water partition coefficient (Wildman–Crippen LogP) is 5.51. The smallest absolute Gasteiger partial charge is 0.338 e. The molecule has 1 aromatic heterocycles. The number of benzene rings is 3. The summed E-state index contributed by atoms with van der Waals surface area (Å²) in [6.07, 6.45) is 1.71. The lowest BCUT2D eigenvalue weighted by Crippen LogP contribution is -2.40. The zero-order valence-electron chi connectivity index (χ0n) is 25.8. The van der Waals surface area contributed by atoms with Crippen molar-refractivity contribution in [2.24, 2.45) is 4.99 Å². The minimum Gasteiger partial charge on any atom is -0.493 e. The second kappa shape index (κ2) is 13.7. The Morgan fingerprint density at radius 3 is 2.36 bits per heavy atom. The zero-order valence-corrected chi connectivity index (χ0v) is 28.2. The van der Waals surface area contributed by atoms with E-state index in [4.69, 9.17) is 28.7 Å². The van der Waals surface area contributed by atoms with E-state index in [0.717, 1.165) is 11.1 Å². The number of esters is 1. The second-order valence-electron chi connectivity index (χ2n) is 10.2. The van der Waals surface area contributed by atoms with Crippen LogP contribution in [0.25, 0.3) is 11.8 Å². The SMILES string of the molecule is CCOC(=O)C1=C(c2ccccc2)N=c2s/c(=C\c3cc(Br)c(OC(C)C)c(OC)c3)c(=O)n2[C@@H]1c1ccc(OC)c(OC)c1. The van der Waals surface area contributed by atoms with Crippen molar-refractivity contribution in [2.45, 2.75) is 32.9 Å². The number of rotatable bonds is 10. The summed E-state index contributed by atoms with van der Waals surface area (Å²) in [6, 6.07) is 17.5. The molecule has 2 heterocycles. The first-order valence-corrected chi connectivity index (χ1v) is 15.9. The third-order valence-electron chi connectivity index (χ3n) is 7.00. The van der Waals surface area contributed by atoms with E-state index in [0.29, 0.717) is 48.1 Å². The molecule has 0 saturated carbocycles. The highest BCUT2D eigenvalue weighted by atomic mass is 79.9. The van der Waals surface area contributed by atoms with E-state index in [2.05, 4.69) is 15.9 Å². The Bertz CT molecular complexity index is 1950. The molecule has 0 saturated heterocycles. The first kappa shape index (κ1) is 32.1. The average Bonchev–Trinajstić information content (AvgIpc) is 3.35. The molecule has 11 heteroatoms. The molecule has 0 unspecified atom stereocenters. The third kappa shape index (κ3) is 6.41. The van der Waals surface area contributed by atoms with Crippen LogP contribution in [0.3, 0.4) is 0 Å². The predicted molar refractivity (Wildman–Crippen MR) is 177 cm³/mol. The van der Waals surface area contributed by atoms with E-state index < -0.39 is 12.0 Å². The fourth-order valence-corrected chi connectivity index (χ4v) is 6.66. The molecule has 0 N–H and O–H groups in total. The van der Waals surface area contributed by atoms with E-state index in [-0.39, 0.29) is 23.8 Å². The lowest BCUT2D eigenvalue weighted by molar-refractivity contribution is -0.138. The van der Waals surface area contributed by atoms with Crippen molar-refractivity contribution >= 4 is 45.0 Å². The summed E-state index contributed by atoms with van der Waals surface area (Å²) >= 11 is 4.82. The Hall–Kier alpha value is -4.35. The number of carbonyl (C=O) groups is 1. The number of nitrogens with zero attached hydrogens (tertiary/aromatic N) is 2. The van der Waals surface area contributed by atoms with Crippen LogP contribution in [0, 0.1) is 0 Å². The van der Waals surface area contributed by atoms with Gasteiger partial charge in [-0.3, -0.25) is 9.36 Å². The van der Waals surface area contributed by atoms with Crippen LogP contribution < -0.4 is 33.8 Å². The first-order chi connectivity index (χ1) is 21.7. The van der Waals surface area contributed by atoms with Gasteiger partial charge in [0.15, 0.2) is 27.8 Å². The molecule has 0 fully saturated rings. The Balaban J connectivity index is 1.80. The number of halogens is 1. The lowest BCUT2D eigenvalue weighted by Gasteiger charge is -2.26. The van der Waals surface area contributed by atoms with Crippen molar-refractivity contribution in [1.29, 1.82) is 0 Å². The molecule has 0 bridgehead atoms. The maximum atomic E-state index is 14.3. The van der Waals surface area contributed by atoms with Gasteiger partial charge in [-0.1, -0.05) is 47.7 Å². The highest BCUT2D eigenvalue weighted by molar-refractivity contribution is 9.10. The number of thiazole rings is 1. The Kier molecular flexibility index (Phi) is 9.79. The van der Waals surface area contributed by atoms with Crippen molar-refractivity contribution in [2.75, 3.05) is 27.9 Å². The summed E-state index contributed by atoms with van der Waals surface area (Å²) in [5.41, 5.74) is 2.43. The molecule has 1 aliphatic rings. The number of aromatic nitrogens is 1. The Morgan fingerprint density at radius 2 is 1.71 bits per heavy atom. The Labute approximate surface area is 273 Å². The highest BCUT2D eigenvalue weighted by Crippen LogP contribution is 2.39. The Morgan fingerprint density at radius 1 is 1.00 bits per heavy atom. The van der Waals surface area contributed by atoms with Gasteiger partial charge in [-0.2, -0.15) is 0 Å². The molecule has 0 amide bonds. The van der Waals surface area contributed by atoms with Gasteiger partial charge in [-0.15, -0.1) is 0 Å². The topological polar surface area (TPSA) is 97.6 Å². The van der Waals surface area contributed by atoms with Gasteiger partial charge in [0.2, 0.25) is 0 Å². The van der Waals surface area contributed by atoms with Crippen molar-refractivity contribution in [1.82, 2.24) is 4.57 Å². The van der Waals surface area contributed by atoms with E-state index in [1.54, 1.807) is 43.9 Å². The van der Waals surface area contributed by atoms with Gasteiger partial charge in [-0.05, 0) is 78.2 Å². The number of hydrogen-bond acceptors (Lipinski definition) is 9. The van der Waals surface area contributed by atoms with Gasteiger partial charge >= 0.3 is 5.97 Å². The largest absolute Gasteiger partial charge is 0.493 e. The fraction of sp³-hybridized carbons (Fsp3) is 0.265. The molecule has 0 aliphatic carbocycles. The van der Waals surface area contributed by atoms with Crippen LogP contribution in [0.15, 0.2) is 80.5 Å². The normalized spacial score (nSPS) is 14.6. The molecule has 0 radical (unpaired) electrons. The monoisotopic (exact) mass is 692 g/mol. The van der Waals surface area contributed by atoms with Crippen molar-refractivity contribution in [3.8, 4) is 23.0 Å². The zero-order chi connectivity index (χ0) is 32.2. The van der Waals surface area contributed by atoms with Crippen LogP contribution >= 0.6 is 27.3 Å². The van der Waals surface area contributed by atoms with E-state index in [9.17, 15) is 9.59 Å². The maximum absolute atomic E-state index is 14.3. The number of hydrogen-bond donors (Lipinski definition) is 0. The van der Waals surface area contributed by atoms with E-state index in [1.807, 2.05) is 62.4 Å². The van der Waals surface area contributed by atoms with Gasteiger partial charge in [0, 0.05) is 5.56 Å². The van der Waals surface area contributed by atoms with Crippen LogP contribution in [-0.2, 0) is 9.53 Å². The number of fused-ring (bicyclic) bond motifs is 1.